The minimum absolute atomic E-state index is 0.142. The summed E-state index contributed by atoms with van der Waals surface area (Å²) in [6.45, 7) is 2.79. The molecule has 1 aromatic carbocycles. The monoisotopic (exact) mass is 246 g/mol. The second-order valence-corrected chi connectivity index (χ2v) is 5.48. The summed E-state index contributed by atoms with van der Waals surface area (Å²) >= 11 is 1.63. The van der Waals surface area contributed by atoms with E-state index in [1.54, 1.807) is 11.3 Å². The zero-order valence-electron chi connectivity index (χ0n) is 9.68. The molecule has 1 saturated heterocycles. The molecule has 2 nitrogen and oxygen atoms in total. The highest BCUT2D eigenvalue weighted by Crippen LogP contribution is 2.29. The summed E-state index contributed by atoms with van der Waals surface area (Å²) in [5.41, 5.74) is 0.816. The summed E-state index contributed by atoms with van der Waals surface area (Å²) in [6, 6.07) is 7.95. The summed E-state index contributed by atoms with van der Waals surface area (Å²) in [7, 11) is 0. The Kier molecular flexibility index (Phi) is 2.73. The first-order chi connectivity index (χ1) is 8.27. The Morgan fingerprint density at radius 1 is 1.41 bits per heavy atom. The van der Waals surface area contributed by atoms with Gasteiger partial charge in [0.25, 0.3) is 0 Å². The number of fused-ring (bicyclic) bond motifs is 1. The Hall–Kier alpha value is -1.19. The van der Waals surface area contributed by atoms with Gasteiger partial charge in [-0.3, -0.25) is 4.79 Å². The first-order valence-corrected chi connectivity index (χ1v) is 6.77. The van der Waals surface area contributed by atoms with E-state index in [1.165, 1.54) is 0 Å². The molecular weight excluding hydrogens is 232 g/mol. The predicted molar refractivity (Wildman–Crippen MR) is 69.7 cm³/mol. The second-order valence-electron chi connectivity index (χ2n) is 4.57. The molecule has 0 N–H and O–H groups in total. The van der Waals surface area contributed by atoms with E-state index < -0.39 is 0 Å². The van der Waals surface area contributed by atoms with Gasteiger partial charge in [-0.1, -0.05) is 19.1 Å². The number of benzene rings is 1. The highest BCUT2D eigenvalue weighted by molar-refractivity contribution is 7.17. The number of rotatable bonds is 2. The fourth-order valence-corrected chi connectivity index (χ4v) is 3.29. The Balaban J connectivity index is 2.03. The number of Topliss-reactive ketones (excluding diaryl/α,β-unsaturated/α-hetero) is 1. The normalized spacial score (nSPS) is 24.3. The van der Waals surface area contributed by atoms with Crippen LogP contribution in [0, 0.1) is 5.92 Å². The molecule has 2 atom stereocenters. The second kappa shape index (κ2) is 4.24. The first kappa shape index (κ1) is 10.9. The van der Waals surface area contributed by atoms with Crippen LogP contribution < -0.4 is 0 Å². The molecule has 0 amide bonds. The van der Waals surface area contributed by atoms with Gasteiger partial charge < -0.3 is 4.74 Å². The van der Waals surface area contributed by atoms with Crippen molar-refractivity contribution in [3.8, 4) is 0 Å². The van der Waals surface area contributed by atoms with Crippen LogP contribution in [0.4, 0.5) is 0 Å². The molecule has 1 fully saturated rings. The lowest BCUT2D eigenvalue weighted by atomic mass is 9.96. The topological polar surface area (TPSA) is 26.3 Å². The van der Waals surface area contributed by atoms with E-state index in [9.17, 15) is 4.79 Å². The molecule has 3 rings (SSSR count). The van der Waals surface area contributed by atoms with Gasteiger partial charge in [-0.25, -0.2) is 0 Å². The molecule has 0 saturated carbocycles. The van der Waals surface area contributed by atoms with Crippen LogP contribution in [0.5, 0.6) is 0 Å². The molecule has 2 unspecified atom stereocenters. The van der Waals surface area contributed by atoms with Gasteiger partial charge in [-0.05, 0) is 35.2 Å². The first-order valence-electron chi connectivity index (χ1n) is 5.89. The van der Waals surface area contributed by atoms with Gasteiger partial charge in [-0.2, -0.15) is 0 Å². The molecule has 88 valence electrons. The molecule has 0 radical (unpaired) electrons. The molecule has 0 spiro atoms. The van der Waals surface area contributed by atoms with Crippen molar-refractivity contribution in [1.82, 2.24) is 0 Å². The number of ketones is 1. The van der Waals surface area contributed by atoms with Crippen molar-refractivity contribution >= 4 is 27.2 Å². The van der Waals surface area contributed by atoms with Crippen LogP contribution in [0.2, 0.25) is 0 Å². The lowest BCUT2D eigenvalue weighted by molar-refractivity contribution is 0.0581. The zero-order valence-corrected chi connectivity index (χ0v) is 10.5. The Morgan fingerprint density at radius 2 is 2.29 bits per heavy atom. The van der Waals surface area contributed by atoms with Crippen molar-refractivity contribution in [2.45, 2.75) is 19.4 Å². The van der Waals surface area contributed by atoms with Crippen molar-refractivity contribution in [1.29, 1.82) is 0 Å². The van der Waals surface area contributed by atoms with E-state index in [0.717, 1.165) is 22.1 Å². The average Bonchev–Trinajstić information content (AvgIpc) is 2.95. The van der Waals surface area contributed by atoms with Crippen LogP contribution in [0.25, 0.3) is 10.1 Å². The van der Waals surface area contributed by atoms with Crippen molar-refractivity contribution in [3.63, 3.8) is 0 Å². The molecule has 2 aromatic rings. The van der Waals surface area contributed by atoms with E-state index in [-0.39, 0.29) is 11.9 Å². The van der Waals surface area contributed by atoms with Gasteiger partial charge >= 0.3 is 0 Å². The van der Waals surface area contributed by atoms with Crippen LogP contribution in [-0.4, -0.2) is 18.5 Å². The standard InChI is InChI=1S/C14H14O2S/c1-9-5-7-16-13(9)12(15)11-4-2-3-10-6-8-17-14(10)11/h2-4,6,8-9,13H,5,7H2,1H3. The third-order valence-corrected chi connectivity index (χ3v) is 4.35. The molecule has 3 heteroatoms. The summed E-state index contributed by atoms with van der Waals surface area (Å²) in [5, 5.41) is 3.17. The van der Waals surface area contributed by atoms with Crippen LogP contribution in [0.15, 0.2) is 29.6 Å². The number of ether oxygens (including phenoxy) is 1. The minimum atomic E-state index is -0.248. The number of hydrogen-bond donors (Lipinski definition) is 0. The fourth-order valence-electron chi connectivity index (χ4n) is 2.37. The zero-order chi connectivity index (χ0) is 11.8. The quantitative estimate of drug-likeness (QED) is 0.758. The predicted octanol–water partition coefficient (Wildman–Crippen LogP) is 3.51. The minimum Gasteiger partial charge on any atom is -0.370 e. The average molecular weight is 246 g/mol. The summed E-state index contributed by atoms with van der Waals surface area (Å²) < 4.78 is 6.65. The third kappa shape index (κ3) is 1.79. The molecular formula is C14H14O2S. The van der Waals surface area contributed by atoms with Gasteiger partial charge in [0.1, 0.15) is 6.10 Å². The van der Waals surface area contributed by atoms with Gasteiger partial charge in [0.05, 0.1) is 0 Å². The Bertz CT molecular complexity index is 558. The lowest BCUT2D eigenvalue weighted by Crippen LogP contribution is -2.25. The lowest BCUT2D eigenvalue weighted by Gasteiger charge is -2.13. The van der Waals surface area contributed by atoms with Gasteiger partial charge in [-0.15, -0.1) is 11.3 Å². The van der Waals surface area contributed by atoms with Crippen molar-refractivity contribution < 1.29 is 9.53 Å². The molecule has 1 aliphatic heterocycles. The third-order valence-electron chi connectivity index (χ3n) is 3.39. The summed E-state index contributed by atoms with van der Waals surface area (Å²) in [6.07, 6.45) is 0.735. The number of hydrogen-bond acceptors (Lipinski definition) is 3. The fraction of sp³-hybridized carbons (Fsp3) is 0.357. The van der Waals surface area contributed by atoms with Crippen LogP contribution in [-0.2, 0) is 4.74 Å². The van der Waals surface area contributed by atoms with Gasteiger partial charge in [0.15, 0.2) is 5.78 Å². The smallest absolute Gasteiger partial charge is 0.193 e. The van der Waals surface area contributed by atoms with Crippen LogP contribution in [0.3, 0.4) is 0 Å². The van der Waals surface area contributed by atoms with Gasteiger partial charge in [0.2, 0.25) is 0 Å². The number of thiophene rings is 1. The molecule has 1 aliphatic rings. The maximum atomic E-state index is 12.5. The molecule has 2 heterocycles. The van der Waals surface area contributed by atoms with Crippen LogP contribution in [0.1, 0.15) is 23.7 Å². The Morgan fingerprint density at radius 3 is 3.06 bits per heavy atom. The maximum absolute atomic E-state index is 12.5. The molecule has 17 heavy (non-hydrogen) atoms. The van der Waals surface area contributed by atoms with E-state index in [2.05, 4.69) is 13.0 Å². The van der Waals surface area contributed by atoms with Crippen molar-refractivity contribution in [3.05, 3.63) is 35.2 Å². The summed E-state index contributed by atoms with van der Waals surface area (Å²) in [5.74, 6) is 0.473. The summed E-state index contributed by atoms with van der Waals surface area (Å²) in [4.78, 5) is 12.5. The van der Waals surface area contributed by atoms with E-state index in [4.69, 9.17) is 4.74 Å². The Labute approximate surface area is 104 Å². The van der Waals surface area contributed by atoms with E-state index in [0.29, 0.717) is 12.5 Å². The highest BCUT2D eigenvalue weighted by Gasteiger charge is 2.32. The molecule has 1 aromatic heterocycles. The highest BCUT2D eigenvalue weighted by atomic mass is 32.1. The maximum Gasteiger partial charge on any atom is 0.193 e. The van der Waals surface area contributed by atoms with Crippen LogP contribution >= 0.6 is 11.3 Å². The molecule has 0 bridgehead atoms. The number of carbonyl (C=O) groups is 1. The molecule has 0 aliphatic carbocycles. The van der Waals surface area contributed by atoms with E-state index >= 15 is 0 Å². The van der Waals surface area contributed by atoms with Crippen molar-refractivity contribution in [2.75, 3.05) is 6.61 Å². The van der Waals surface area contributed by atoms with Crippen molar-refractivity contribution in [2.24, 2.45) is 5.92 Å². The largest absolute Gasteiger partial charge is 0.370 e. The number of carbonyl (C=O) groups excluding carboxylic acids is 1. The SMILES string of the molecule is CC1CCOC1C(=O)c1cccc2ccsc12. The van der Waals surface area contributed by atoms with E-state index in [1.807, 2.05) is 23.6 Å². The van der Waals surface area contributed by atoms with Gasteiger partial charge in [0, 0.05) is 16.9 Å².